The minimum atomic E-state index is -0.676. The van der Waals surface area contributed by atoms with E-state index in [1.807, 2.05) is 43.3 Å². The van der Waals surface area contributed by atoms with E-state index in [1.54, 1.807) is 7.11 Å². The van der Waals surface area contributed by atoms with Crippen molar-refractivity contribution in [2.45, 2.75) is 31.6 Å². The third kappa shape index (κ3) is 2.23. The van der Waals surface area contributed by atoms with Gasteiger partial charge in [0.15, 0.2) is 11.3 Å². The van der Waals surface area contributed by atoms with Crippen molar-refractivity contribution < 1.29 is 13.9 Å². The van der Waals surface area contributed by atoms with Gasteiger partial charge in [0.2, 0.25) is 0 Å². The number of Topliss-reactive ketones (excluding diaryl/α,β-unsaturated/α-hetero) is 1. The van der Waals surface area contributed by atoms with E-state index in [2.05, 4.69) is 6.07 Å². The molecule has 0 aliphatic heterocycles. The summed E-state index contributed by atoms with van der Waals surface area (Å²) in [7, 11) is 1.61. The molecule has 1 aliphatic rings. The van der Waals surface area contributed by atoms with Crippen molar-refractivity contribution in [3.63, 3.8) is 0 Å². The standard InChI is InChI=1S/C21H19NO3/c1-13-11-21(12-22,10-9-16(13)23)15-7-8-18(24-2)20-19(15)14-5-3-4-6-17(14)25-20/h3-8,13H,9-11H2,1-2H3. The number of rotatable bonds is 2. The van der Waals surface area contributed by atoms with Crippen LogP contribution in [-0.4, -0.2) is 12.9 Å². The number of nitriles is 1. The fourth-order valence-electron chi connectivity index (χ4n) is 4.09. The Kier molecular flexibility index (Phi) is 3.54. The Labute approximate surface area is 146 Å². The van der Waals surface area contributed by atoms with E-state index >= 15 is 0 Å². The van der Waals surface area contributed by atoms with Crippen LogP contribution >= 0.6 is 0 Å². The van der Waals surface area contributed by atoms with Crippen molar-refractivity contribution in [1.82, 2.24) is 0 Å². The van der Waals surface area contributed by atoms with Crippen LogP contribution in [0.4, 0.5) is 0 Å². The number of benzene rings is 2. The molecule has 4 heteroatoms. The molecule has 1 aromatic heterocycles. The third-order valence-corrected chi connectivity index (χ3v) is 5.44. The second kappa shape index (κ2) is 5.63. The average molecular weight is 333 g/mol. The van der Waals surface area contributed by atoms with E-state index in [-0.39, 0.29) is 11.7 Å². The Morgan fingerprint density at radius 2 is 2.08 bits per heavy atom. The van der Waals surface area contributed by atoms with Crippen molar-refractivity contribution in [3.05, 3.63) is 42.0 Å². The van der Waals surface area contributed by atoms with Gasteiger partial charge in [0, 0.05) is 23.1 Å². The maximum atomic E-state index is 12.0. The Bertz CT molecular complexity index is 1030. The first-order chi connectivity index (χ1) is 12.1. The summed E-state index contributed by atoms with van der Waals surface area (Å²) in [6, 6.07) is 14.2. The summed E-state index contributed by atoms with van der Waals surface area (Å²) in [6.45, 7) is 1.92. The van der Waals surface area contributed by atoms with Gasteiger partial charge in [0.05, 0.1) is 18.6 Å². The number of nitrogens with zero attached hydrogens (tertiary/aromatic N) is 1. The van der Waals surface area contributed by atoms with Gasteiger partial charge >= 0.3 is 0 Å². The van der Waals surface area contributed by atoms with Crippen molar-refractivity contribution in [2.75, 3.05) is 7.11 Å². The first-order valence-corrected chi connectivity index (χ1v) is 8.52. The summed E-state index contributed by atoms with van der Waals surface area (Å²) >= 11 is 0. The molecule has 1 aliphatic carbocycles. The smallest absolute Gasteiger partial charge is 0.177 e. The summed E-state index contributed by atoms with van der Waals surface area (Å²) in [6.07, 6.45) is 1.54. The van der Waals surface area contributed by atoms with Crippen LogP contribution in [0, 0.1) is 17.2 Å². The van der Waals surface area contributed by atoms with Crippen LogP contribution in [0.1, 0.15) is 31.7 Å². The van der Waals surface area contributed by atoms with Gasteiger partial charge in [-0.2, -0.15) is 5.26 Å². The third-order valence-electron chi connectivity index (χ3n) is 5.44. The molecule has 4 rings (SSSR count). The normalized spacial score (nSPS) is 23.7. The molecular weight excluding hydrogens is 314 g/mol. The van der Waals surface area contributed by atoms with E-state index < -0.39 is 5.41 Å². The van der Waals surface area contributed by atoms with E-state index in [0.717, 1.165) is 21.9 Å². The number of para-hydroxylation sites is 1. The zero-order chi connectivity index (χ0) is 17.6. The Balaban J connectivity index is 2.05. The van der Waals surface area contributed by atoms with Gasteiger partial charge in [-0.1, -0.05) is 31.2 Å². The molecule has 4 nitrogen and oxygen atoms in total. The number of fused-ring (bicyclic) bond motifs is 3. The average Bonchev–Trinajstić information content (AvgIpc) is 3.03. The van der Waals surface area contributed by atoms with Crippen molar-refractivity contribution in [2.24, 2.45) is 5.92 Å². The second-order valence-electron chi connectivity index (χ2n) is 6.88. The van der Waals surface area contributed by atoms with Gasteiger partial charge in [-0.3, -0.25) is 4.79 Å². The molecule has 0 amide bonds. The number of furan rings is 1. The number of carbonyl (C=O) groups is 1. The summed E-state index contributed by atoms with van der Waals surface area (Å²) < 4.78 is 11.5. The molecule has 1 saturated carbocycles. The largest absolute Gasteiger partial charge is 0.493 e. The Morgan fingerprint density at radius 1 is 1.28 bits per heavy atom. The molecule has 1 fully saturated rings. The summed E-state index contributed by atoms with van der Waals surface area (Å²) in [4.78, 5) is 12.0. The lowest BCUT2D eigenvalue weighted by molar-refractivity contribution is -0.124. The van der Waals surface area contributed by atoms with Crippen molar-refractivity contribution in [3.8, 4) is 11.8 Å². The molecule has 3 aromatic rings. The quantitative estimate of drug-likeness (QED) is 0.679. The van der Waals surface area contributed by atoms with Crippen LogP contribution in [0.2, 0.25) is 0 Å². The lowest BCUT2D eigenvalue weighted by atomic mass is 9.66. The van der Waals surface area contributed by atoms with Gasteiger partial charge < -0.3 is 9.15 Å². The van der Waals surface area contributed by atoms with Crippen LogP contribution in [0.5, 0.6) is 5.75 Å². The summed E-state index contributed by atoms with van der Waals surface area (Å²) in [5.41, 5.74) is 1.71. The molecule has 126 valence electrons. The molecule has 2 unspecified atom stereocenters. The highest BCUT2D eigenvalue weighted by atomic mass is 16.5. The molecule has 1 heterocycles. The lowest BCUT2D eigenvalue weighted by Gasteiger charge is -2.34. The molecule has 0 N–H and O–H groups in total. The van der Waals surface area contributed by atoms with E-state index in [4.69, 9.17) is 9.15 Å². The first kappa shape index (κ1) is 15.7. The van der Waals surface area contributed by atoms with Gasteiger partial charge in [-0.05, 0) is 30.5 Å². The summed E-state index contributed by atoms with van der Waals surface area (Å²) in [5.74, 6) is 0.791. The Morgan fingerprint density at radius 3 is 2.80 bits per heavy atom. The van der Waals surface area contributed by atoms with Crippen molar-refractivity contribution >= 4 is 27.7 Å². The number of carbonyl (C=O) groups excluding carboxylic acids is 1. The molecule has 2 aromatic carbocycles. The maximum absolute atomic E-state index is 12.0. The maximum Gasteiger partial charge on any atom is 0.177 e. The fourth-order valence-corrected chi connectivity index (χ4v) is 4.09. The molecule has 0 spiro atoms. The lowest BCUT2D eigenvalue weighted by Crippen LogP contribution is -2.35. The number of hydrogen-bond donors (Lipinski definition) is 0. The molecule has 0 saturated heterocycles. The number of ketones is 1. The van der Waals surface area contributed by atoms with E-state index in [1.165, 1.54) is 0 Å². The number of methoxy groups -OCH3 is 1. The number of ether oxygens (including phenoxy) is 1. The van der Waals surface area contributed by atoms with Crippen LogP contribution < -0.4 is 4.74 Å². The van der Waals surface area contributed by atoms with Crippen LogP contribution in [-0.2, 0) is 10.2 Å². The zero-order valence-electron chi connectivity index (χ0n) is 14.3. The highest BCUT2D eigenvalue weighted by Crippen LogP contribution is 2.47. The van der Waals surface area contributed by atoms with Gasteiger partial charge in [0.1, 0.15) is 11.4 Å². The summed E-state index contributed by atoms with van der Waals surface area (Å²) in [5, 5.41) is 12.0. The monoisotopic (exact) mass is 333 g/mol. The first-order valence-electron chi connectivity index (χ1n) is 8.52. The second-order valence-corrected chi connectivity index (χ2v) is 6.88. The molecule has 2 atom stereocenters. The molecule has 25 heavy (non-hydrogen) atoms. The van der Waals surface area contributed by atoms with Gasteiger partial charge in [0.25, 0.3) is 0 Å². The SMILES string of the molecule is COc1ccc(C2(C#N)CCC(=O)C(C)C2)c2c1oc1ccccc12. The molecule has 0 bridgehead atoms. The van der Waals surface area contributed by atoms with Crippen LogP contribution in [0.25, 0.3) is 21.9 Å². The van der Waals surface area contributed by atoms with Crippen LogP contribution in [0.3, 0.4) is 0 Å². The predicted molar refractivity (Wildman–Crippen MR) is 95.6 cm³/mol. The van der Waals surface area contributed by atoms with E-state index in [9.17, 15) is 10.1 Å². The number of hydrogen-bond acceptors (Lipinski definition) is 4. The van der Waals surface area contributed by atoms with E-state index in [0.29, 0.717) is 30.6 Å². The minimum Gasteiger partial charge on any atom is -0.493 e. The Hall–Kier alpha value is -2.80. The van der Waals surface area contributed by atoms with Crippen LogP contribution in [0.15, 0.2) is 40.8 Å². The van der Waals surface area contributed by atoms with Gasteiger partial charge in [-0.25, -0.2) is 0 Å². The molecule has 0 radical (unpaired) electrons. The van der Waals surface area contributed by atoms with Gasteiger partial charge in [-0.15, -0.1) is 0 Å². The molecular formula is C21H19NO3. The fraction of sp³-hybridized carbons (Fsp3) is 0.333. The zero-order valence-corrected chi connectivity index (χ0v) is 14.3. The highest BCUT2D eigenvalue weighted by Gasteiger charge is 2.42. The topological polar surface area (TPSA) is 63.2 Å². The predicted octanol–water partition coefficient (Wildman–Crippen LogP) is 4.75. The minimum absolute atomic E-state index is 0.108. The highest BCUT2D eigenvalue weighted by molar-refractivity contribution is 6.09. The van der Waals surface area contributed by atoms with Crippen molar-refractivity contribution in [1.29, 1.82) is 5.26 Å².